The summed E-state index contributed by atoms with van der Waals surface area (Å²) in [5.74, 6) is -0.0928. The molecule has 0 aliphatic heterocycles. The van der Waals surface area contributed by atoms with E-state index in [0.29, 0.717) is 12.8 Å². The average Bonchev–Trinajstić information content (AvgIpc) is 2.97. The summed E-state index contributed by atoms with van der Waals surface area (Å²) in [4.78, 5) is 40.5. The van der Waals surface area contributed by atoms with Gasteiger partial charge >= 0.3 is 173 Å². The van der Waals surface area contributed by atoms with E-state index in [-0.39, 0.29) is 12.5 Å². The summed E-state index contributed by atoms with van der Waals surface area (Å²) >= 11 is 0. The molecule has 0 radical (unpaired) electrons. The van der Waals surface area contributed by atoms with Crippen molar-refractivity contribution in [3.8, 4) is 0 Å². The van der Waals surface area contributed by atoms with Crippen LogP contribution in [-0.2, 0) is 15.7 Å². The second-order valence-corrected chi connectivity index (χ2v) is 12.6. The first kappa shape index (κ1) is 35.9. The first-order chi connectivity index (χ1) is 20.4. The van der Waals surface area contributed by atoms with Gasteiger partial charge in [-0.15, -0.1) is 0 Å². The zero-order valence-corrected chi connectivity index (χ0v) is 26.6. The Kier molecular flexibility index (Phi) is 19.0. The number of nitrogens with one attached hydrogen (secondary N) is 1. The van der Waals surface area contributed by atoms with Crippen LogP contribution in [-0.4, -0.2) is 33.2 Å². The van der Waals surface area contributed by atoms with Crippen molar-refractivity contribution in [1.82, 2.24) is 5.32 Å². The minimum atomic E-state index is -4.67. The van der Waals surface area contributed by atoms with Crippen LogP contribution in [0.2, 0.25) is 0 Å². The molecule has 2 rings (SSSR count). The van der Waals surface area contributed by atoms with Crippen LogP contribution >= 0.6 is 8.17 Å². The quantitative estimate of drug-likeness (QED) is 0.0446. The molecular formula is C35H54NO5P. The van der Waals surface area contributed by atoms with Gasteiger partial charge in [-0.05, 0) is 12.8 Å². The zero-order chi connectivity index (χ0) is 30.3. The topological polar surface area (TPSA) is 99.0 Å². The van der Waals surface area contributed by atoms with Gasteiger partial charge in [0.1, 0.15) is 0 Å². The monoisotopic (exact) mass is 599 g/mol. The van der Waals surface area contributed by atoms with Gasteiger partial charge in [-0.3, -0.25) is 0 Å². The zero-order valence-electron chi connectivity index (χ0n) is 25.6. The Morgan fingerprint density at radius 2 is 1.31 bits per heavy atom. The second kappa shape index (κ2) is 22.2. The fourth-order valence-electron chi connectivity index (χ4n) is 4.83. The number of benzene rings is 2. The van der Waals surface area contributed by atoms with Crippen LogP contribution in [0.15, 0.2) is 66.7 Å². The van der Waals surface area contributed by atoms with Gasteiger partial charge in [-0.25, -0.2) is 0 Å². The van der Waals surface area contributed by atoms with E-state index in [1.165, 1.54) is 57.8 Å². The first-order valence-electron chi connectivity index (χ1n) is 15.9. The summed E-state index contributed by atoms with van der Waals surface area (Å²) in [6, 6.07) is 17.6. The molecule has 0 fully saturated rings. The SMILES string of the molecule is CCCCCCCC/C=C\CCCCCCCC(=O)N[C@@H](CO[PH](O)(O)O)Cc1ccc(/C=C/c2ccccc2)cc1. The third kappa shape index (κ3) is 19.0. The first-order valence-corrected chi connectivity index (χ1v) is 17.7. The molecule has 6 nitrogen and oxygen atoms in total. The van der Waals surface area contributed by atoms with Crippen molar-refractivity contribution in [3.63, 3.8) is 0 Å². The fourth-order valence-corrected chi connectivity index (χ4v) is 5.25. The Morgan fingerprint density at radius 3 is 1.90 bits per heavy atom. The number of carbonyl (C=O) groups is 1. The van der Waals surface area contributed by atoms with Crippen molar-refractivity contribution in [3.05, 3.63) is 83.4 Å². The molecule has 0 aromatic heterocycles. The van der Waals surface area contributed by atoms with Crippen molar-refractivity contribution in [1.29, 1.82) is 0 Å². The Morgan fingerprint density at radius 1 is 0.762 bits per heavy atom. The van der Waals surface area contributed by atoms with Crippen LogP contribution < -0.4 is 5.32 Å². The summed E-state index contributed by atoms with van der Waals surface area (Å²) in [5.41, 5.74) is 3.15. The molecule has 0 unspecified atom stereocenters. The number of carbonyl (C=O) groups excluding carboxylic acids is 1. The summed E-state index contributed by atoms with van der Waals surface area (Å²) in [5, 5.41) is 2.95. The normalized spacial score (nSPS) is 13.1. The second-order valence-electron chi connectivity index (χ2n) is 11.2. The number of hydrogen-bond donors (Lipinski definition) is 4. The van der Waals surface area contributed by atoms with Gasteiger partial charge in [0.25, 0.3) is 0 Å². The number of allylic oxidation sites excluding steroid dienone is 2. The number of rotatable bonds is 23. The molecule has 0 heterocycles. The molecule has 0 bridgehead atoms. The van der Waals surface area contributed by atoms with Gasteiger partial charge in [0.15, 0.2) is 0 Å². The minimum absolute atomic E-state index is 0.0928. The van der Waals surface area contributed by atoms with Crippen molar-refractivity contribution in [2.45, 2.75) is 109 Å². The molecule has 1 amide bonds. The molecule has 7 heteroatoms. The van der Waals surface area contributed by atoms with E-state index in [4.69, 9.17) is 4.52 Å². The molecule has 0 saturated heterocycles. The van der Waals surface area contributed by atoms with Gasteiger partial charge in [-0.2, -0.15) is 0 Å². The molecule has 0 aliphatic rings. The third-order valence-electron chi connectivity index (χ3n) is 7.24. The van der Waals surface area contributed by atoms with Gasteiger partial charge in [0.05, 0.1) is 0 Å². The Balaban J connectivity index is 1.65. The van der Waals surface area contributed by atoms with Gasteiger partial charge in [0.2, 0.25) is 0 Å². The van der Waals surface area contributed by atoms with Crippen molar-refractivity contribution < 1.29 is 24.0 Å². The van der Waals surface area contributed by atoms with E-state index in [2.05, 4.69) is 30.5 Å². The molecule has 4 N–H and O–H groups in total. The standard InChI is InChI=1S/C35H54NO5P/c1-2-3-4-5-6-7-8-9-10-11-12-13-14-15-19-22-35(37)36-34(30-41-42(38,39)40)29-33-27-25-32(26-28-33)24-23-31-20-17-16-18-21-31/h9-10,16-18,20-21,23-28,34,38-40,42H,2-8,11-15,19,22,29-30H2,1H3,(H,36,37)/b10-9-,24-23+/t34-/m1/s1. The summed E-state index contributed by atoms with van der Waals surface area (Å²) < 4.78 is 4.88. The van der Waals surface area contributed by atoms with Crippen molar-refractivity contribution >= 4 is 26.2 Å². The molecule has 0 saturated carbocycles. The van der Waals surface area contributed by atoms with Crippen LogP contribution in [0.5, 0.6) is 0 Å². The van der Waals surface area contributed by atoms with E-state index in [1.807, 2.05) is 60.7 Å². The summed E-state index contributed by atoms with van der Waals surface area (Å²) in [6.07, 6.45) is 25.3. The van der Waals surface area contributed by atoms with Gasteiger partial charge in [-0.1, -0.05) is 69.4 Å². The third-order valence-corrected chi connectivity index (χ3v) is 7.79. The predicted molar refractivity (Wildman–Crippen MR) is 178 cm³/mol. The van der Waals surface area contributed by atoms with Crippen LogP contribution in [0.25, 0.3) is 12.2 Å². The summed E-state index contributed by atoms with van der Waals surface area (Å²) in [6.45, 7) is 2.08. The molecular weight excluding hydrogens is 545 g/mol. The average molecular weight is 600 g/mol. The molecule has 0 aliphatic carbocycles. The van der Waals surface area contributed by atoms with E-state index in [1.54, 1.807) is 0 Å². The van der Waals surface area contributed by atoms with E-state index < -0.39 is 14.2 Å². The van der Waals surface area contributed by atoms with Crippen LogP contribution in [0, 0.1) is 0 Å². The Labute approximate surface area is 254 Å². The Hall–Kier alpha value is -2.34. The molecule has 1 atom stereocenters. The van der Waals surface area contributed by atoms with Gasteiger partial charge < -0.3 is 0 Å². The molecule has 234 valence electrons. The van der Waals surface area contributed by atoms with Crippen LogP contribution in [0.1, 0.15) is 114 Å². The molecule has 0 spiro atoms. The number of hydrogen-bond acceptors (Lipinski definition) is 5. The van der Waals surface area contributed by atoms with Crippen LogP contribution in [0.4, 0.5) is 0 Å². The van der Waals surface area contributed by atoms with Crippen molar-refractivity contribution in [2.24, 2.45) is 0 Å². The van der Waals surface area contributed by atoms with Crippen LogP contribution in [0.3, 0.4) is 0 Å². The molecule has 2 aromatic carbocycles. The molecule has 2 aromatic rings. The molecule has 42 heavy (non-hydrogen) atoms. The van der Waals surface area contributed by atoms with E-state index in [9.17, 15) is 19.5 Å². The summed E-state index contributed by atoms with van der Waals surface area (Å²) in [7, 11) is -4.67. The van der Waals surface area contributed by atoms with E-state index >= 15 is 0 Å². The predicted octanol–water partition coefficient (Wildman–Crippen LogP) is 8.33. The maximum absolute atomic E-state index is 12.6. The van der Waals surface area contributed by atoms with E-state index in [0.717, 1.165) is 42.4 Å². The number of unbranched alkanes of at least 4 members (excludes halogenated alkanes) is 11. The fraction of sp³-hybridized carbons (Fsp3) is 0.514. The maximum atomic E-state index is 12.6. The Bertz CT molecular complexity index is 1020. The number of amides is 1. The van der Waals surface area contributed by atoms with Crippen molar-refractivity contribution in [2.75, 3.05) is 6.61 Å². The van der Waals surface area contributed by atoms with Gasteiger partial charge in [0, 0.05) is 0 Å².